The molecule has 3 heterocycles. The van der Waals surface area contributed by atoms with E-state index in [1.807, 2.05) is 11.0 Å². The van der Waals surface area contributed by atoms with Crippen LogP contribution in [0.15, 0.2) is 22.4 Å². The zero-order chi connectivity index (χ0) is 21.4. The van der Waals surface area contributed by atoms with E-state index in [0.29, 0.717) is 36.3 Å². The minimum Gasteiger partial charge on any atom is -0.310 e. The summed E-state index contributed by atoms with van der Waals surface area (Å²) in [6.45, 7) is 8.06. The van der Waals surface area contributed by atoms with E-state index in [1.165, 1.54) is 10.4 Å². The number of halogens is 1. The lowest BCUT2D eigenvalue weighted by atomic mass is 9.92. The summed E-state index contributed by atoms with van der Waals surface area (Å²) in [6.07, 6.45) is 0. The van der Waals surface area contributed by atoms with Gasteiger partial charge < -0.3 is 5.32 Å². The Morgan fingerprint density at radius 3 is 2.41 bits per heavy atom. The first-order valence-electron chi connectivity index (χ1n) is 9.29. The summed E-state index contributed by atoms with van der Waals surface area (Å²) >= 11 is 6.92. The Morgan fingerprint density at radius 2 is 1.90 bits per heavy atom. The van der Waals surface area contributed by atoms with Gasteiger partial charge >= 0.3 is 0 Å². The summed E-state index contributed by atoms with van der Waals surface area (Å²) in [4.78, 5) is 14.4. The number of aromatic nitrogens is 2. The molecule has 0 bridgehead atoms. The minimum atomic E-state index is -3.53. The molecule has 2 aromatic heterocycles. The highest BCUT2D eigenvalue weighted by Gasteiger charge is 2.30. The second-order valence-electron chi connectivity index (χ2n) is 8.08. The fourth-order valence-electron chi connectivity index (χ4n) is 3.03. The van der Waals surface area contributed by atoms with Gasteiger partial charge in [-0.25, -0.2) is 8.42 Å². The second kappa shape index (κ2) is 8.35. The molecule has 0 spiro atoms. The van der Waals surface area contributed by atoms with Crippen molar-refractivity contribution in [2.75, 3.05) is 38.0 Å². The summed E-state index contributed by atoms with van der Waals surface area (Å²) in [5, 5.41) is 7.35. The number of nitrogens with zero attached hydrogens (tertiary/aromatic N) is 4. The maximum Gasteiger partial charge on any atom is 0.252 e. The predicted molar refractivity (Wildman–Crippen MR) is 115 cm³/mol. The molecular weight excluding hydrogens is 434 g/mol. The molecule has 0 saturated carbocycles. The van der Waals surface area contributed by atoms with Gasteiger partial charge in [0.1, 0.15) is 10.0 Å². The van der Waals surface area contributed by atoms with E-state index in [1.54, 1.807) is 17.8 Å². The Labute approximate surface area is 180 Å². The van der Waals surface area contributed by atoms with Crippen molar-refractivity contribution in [3.05, 3.63) is 28.2 Å². The predicted octanol–water partition coefficient (Wildman–Crippen LogP) is 2.38. The van der Waals surface area contributed by atoms with Crippen LogP contribution in [0.25, 0.3) is 0 Å². The first kappa shape index (κ1) is 22.2. The van der Waals surface area contributed by atoms with E-state index in [0.717, 1.165) is 17.0 Å². The number of carbonyl (C=O) groups excluding carboxylic acids is 1. The first-order valence-corrected chi connectivity index (χ1v) is 11.9. The van der Waals surface area contributed by atoms with Crippen molar-refractivity contribution in [2.45, 2.75) is 30.4 Å². The lowest BCUT2D eigenvalue weighted by Gasteiger charge is -2.33. The van der Waals surface area contributed by atoms with Crippen LogP contribution in [0.5, 0.6) is 0 Å². The Bertz CT molecular complexity index is 986. The monoisotopic (exact) mass is 459 g/mol. The number of hydrogen-bond acceptors (Lipinski definition) is 6. The lowest BCUT2D eigenvalue weighted by Crippen LogP contribution is -2.50. The molecule has 1 fully saturated rings. The quantitative estimate of drug-likeness (QED) is 0.741. The summed E-state index contributed by atoms with van der Waals surface area (Å²) in [5.74, 6) is 0.505. The van der Waals surface area contributed by atoms with Crippen LogP contribution in [-0.2, 0) is 27.3 Å². The van der Waals surface area contributed by atoms with Gasteiger partial charge in [-0.3, -0.25) is 14.4 Å². The van der Waals surface area contributed by atoms with Crippen LogP contribution in [0.4, 0.5) is 5.82 Å². The summed E-state index contributed by atoms with van der Waals surface area (Å²) in [6, 6.07) is 5.00. The fraction of sp³-hybridized carbons (Fsp3) is 0.556. The van der Waals surface area contributed by atoms with Gasteiger partial charge in [0.15, 0.2) is 0 Å². The van der Waals surface area contributed by atoms with Gasteiger partial charge in [-0.05, 0) is 12.1 Å². The summed E-state index contributed by atoms with van der Waals surface area (Å²) in [7, 11) is -1.73. The Kier molecular flexibility index (Phi) is 6.40. The average molecular weight is 460 g/mol. The van der Waals surface area contributed by atoms with E-state index in [-0.39, 0.29) is 22.1 Å². The zero-order valence-corrected chi connectivity index (χ0v) is 19.4. The number of sulfonamides is 1. The van der Waals surface area contributed by atoms with Gasteiger partial charge in [0.05, 0.1) is 16.6 Å². The second-order valence-corrected chi connectivity index (χ2v) is 12.0. The molecule has 1 aliphatic heterocycles. The number of thiophene rings is 1. The van der Waals surface area contributed by atoms with Crippen molar-refractivity contribution >= 4 is 44.7 Å². The Morgan fingerprint density at radius 1 is 1.24 bits per heavy atom. The summed E-state index contributed by atoms with van der Waals surface area (Å²) < 4.78 is 29.1. The molecule has 0 atom stereocenters. The highest BCUT2D eigenvalue weighted by molar-refractivity contribution is 7.91. The van der Waals surface area contributed by atoms with Gasteiger partial charge in [0.2, 0.25) is 5.91 Å². The number of hydrogen-bond donors (Lipinski definition) is 1. The van der Waals surface area contributed by atoms with Gasteiger partial charge in [0.25, 0.3) is 10.0 Å². The molecule has 1 amide bonds. The van der Waals surface area contributed by atoms with Crippen LogP contribution < -0.4 is 5.32 Å². The van der Waals surface area contributed by atoms with Crippen LogP contribution in [0.3, 0.4) is 0 Å². The highest BCUT2D eigenvalue weighted by atomic mass is 35.5. The molecular formula is C18H26ClN5O3S2. The largest absolute Gasteiger partial charge is 0.310 e. The number of anilines is 1. The van der Waals surface area contributed by atoms with Crippen LogP contribution in [0, 0.1) is 0 Å². The molecule has 0 aliphatic carbocycles. The maximum atomic E-state index is 12.7. The van der Waals surface area contributed by atoms with Crippen molar-refractivity contribution < 1.29 is 13.2 Å². The zero-order valence-electron chi connectivity index (χ0n) is 17.0. The van der Waals surface area contributed by atoms with Gasteiger partial charge in [0, 0.05) is 44.7 Å². The van der Waals surface area contributed by atoms with Crippen molar-refractivity contribution in [1.29, 1.82) is 0 Å². The molecule has 0 unspecified atom stereocenters. The molecule has 0 aromatic carbocycles. The average Bonchev–Trinajstić information content (AvgIpc) is 3.22. The van der Waals surface area contributed by atoms with Crippen molar-refractivity contribution in [2.24, 2.45) is 7.05 Å². The number of nitrogens with one attached hydrogen (secondary N) is 1. The third-order valence-corrected chi connectivity index (χ3v) is 8.35. The topological polar surface area (TPSA) is 87.5 Å². The number of carbonyl (C=O) groups is 1. The molecule has 8 nitrogen and oxygen atoms in total. The smallest absolute Gasteiger partial charge is 0.252 e. The third kappa shape index (κ3) is 5.18. The van der Waals surface area contributed by atoms with E-state index in [4.69, 9.17) is 11.6 Å². The van der Waals surface area contributed by atoms with Crippen molar-refractivity contribution in [3.8, 4) is 0 Å². The van der Waals surface area contributed by atoms with Crippen LogP contribution >= 0.6 is 22.9 Å². The Balaban J connectivity index is 1.54. The molecule has 160 valence electrons. The van der Waals surface area contributed by atoms with E-state index >= 15 is 0 Å². The molecule has 1 N–H and O–H groups in total. The summed E-state index contributed by atoms with van der Waals surface area (Å²) in [5.41, 5.74) is 0.804. The Hall–Kier alpha value is -1.46. The van der Waals surface area contributed by atoms with Gasteiger partial charge in [-0.2, -0.15) is 9.40 Å². The van der Waals surface area contributed by atoms with Gasteiger partial charge in [-0.15, -0.1) is 11.3 Å². The normalized spacial score (nSPS) is 16.9. The number of rotatable bonds is 5. The molecule has 1 aliphatic rings. The molecule has 29 heavy (non-hydrogen) atoms. The van der Waals surface area contributed by atoms with E-state index in [9.17, 15) is 13.2 Å². The molecule has 1 saturated heterocycles. The van der Waals surface area contributed by atoms with Crippen LogP contribution in [0.2, 0.25) is 4.34 Å². The maximum absolute atomic E-state index is 12.7. The molecule has 2 aromatic rings. The van der Waals surface area contributed by atoms with Crippen LogP contribution in [0.1, 0.15) is 26.5 Å². The van der Waals surface area contributed by atoms with Crippen molar-refractivity contribution in [3.63, 3.8) is 0 Å². The molecule has 0 radical (unpaired) electrons. The lowest BCUT2D eigenvalue weighted by molar-refractivity contribution is -0.117. The van der Waals surface area contributed by atoms with Crippen LogP contribution in [-0.4, -0.2) is 66.0 Å². The SMILES string of the molecule is Cn1nc(C(C)(C)C)cc1NC(=O)CN1CCN(S(=O)(=O)c2ccc(Cl)s2)CC1. The number of amides is 1. The standard InChI is InChI=1S/C18H26ClN5O3S2/c1-18(2,3)13-11-15(22(4)21-13)20-16(25)12-23-7-9-24(10-8-23)29(26,27)17-6-5-14(19)28-17/h5-6,11H,7-10,12H2,1-4H3,(H,20,25). The minimum absolute atomic E-state index is 0.102. The third-order valence-electron chi connectivity index (χ3n) is 4.76. The number of aryl methyl sites for hydroxylation is 1. The first-order chi connectivity index (χ1) is 13.5. The molecule has 11 heteroatoms. The molecule has 3 rings (SSSR count). The highest BCUT2D eigenvalue weighted by Crippen LogP contribution is 2.28. The number of piperazine rings is 1. The van der Waals surface area contributed by atoms with E-state index in [2.05, 4.69) is 31.2 Å². The van der Waals surface area contributed by atoms with Crippen molar-refractivity contribution in [1.82, 2.24) is 19.0 Å². The van der Waals surface area contributed by atoms with E-state index < -0.39 is 10.0 Å². The van der Waals surface area contributed by atoms with Gasteiger partial charge in [-0.1, -0.05) is 32.4 Å². The fourth-order valence-corrected chi connectivity index (χ4v) is 6.09.